The number of amides is 2. The van der Waals surface area contributed by atoms with Crippen molar-refractivity contribution in [3.05, 3.63) is 95.1 Å². The highest BCUT2D eigenvalue weighted by Crippen LogP contribution is 2.24. The zero-order valence-corrected chi connectivity index (χ0v) is 19.1. The predicted molar refractivity (Wildman–Crippen MR) is 128 cm³/mol. The first-order valence-electron chi connectivity index (χ1n) is 10.8. The van der Waals surface area contributed by atoms with Gasteiger partial charge in [0, 0.05) is 17.7 Å². The Morgan fingerprint density at radius 1 is 0.812 bits per heavy atom. The minimum atomic E-state index is -0.216. The molecular weight excluding hydrogens is 400 g/mol. The number of para-hydroxylation sites is 2. The van der Waals surface area contributed by atoms with Crippen molar-refractivity contribution in [3.8, 4) is 5.75 Å². The topological polar surface area (TPSA) is 67.4 Å². The number of benzene rings is 3. The molecule has 166 valence electrons. The lowest BCUT2D eigenvalue weighted by Crippen LogP contribution is -2.23. The van der Waals surface area contributed by atoms with Gasteiger partial charge in [0.1, 0.15) is 5.75 Å². The number of carbonyl (C=O) groups excluding carboxylic acids is 2. The van der Waals surface area contributed by atoms with Gasteiger partial charge in [-0.25, -0.2) is 0 Å². The summed E-state index contributed by atoms with van der Waals surface area (Å²) in [6, 6.07) is 22.2. The summed E-state index contributed by atoms with van der Waals surface area (Å²) in [6.07, 6.45) is 0. The maximum absolute atomic E-state index is 12.6. The van der Waals surface area contributed by atoms with Crippen LogP contribution in [0.1, 0.15) is 59.5 Å². The average molecular weight is 431 g/mol. The monoisotopic (exact) mass is 430 g/mol. The maximum Gasteiger partial charge on any atom is 0.255 e. The van der Waals surface area contributed by atoms with Gasteiger partial charge in [-0.05, 0) is 59.9 Å². The van der Waals surface area contributed by atoms with E-state index >= 15 is 0 Å². The van der Waals surface area contributed by atoms with E-state index < -0.39 is 0 Å². The van der Waals surface area contributed by atoms with Crippen molar-refractivity contribution < 1.29 is 14.3 Å². The Hall–Kier alpha value is -3.60. The molecule has 0 spiro atoms. The molecule has 3 rings (SSSR count). The second-order valence-corrected chi connectivity index (χ2v) is 8.59. The SMILES string of the molecule is CCOc1ccccc1NC(=O)c1ccc(CNC(=O)c2ccc(C(C)(C)C)cc2)cc1. The molecule has 0 aliphatic rings. The highest BCUT2D eigenvalue weighted by atomic mass is 16.5. The van der Waals surface area contributed by atoms with E-state index in [1.165, 1.54) is 5.56 Å². The first-order chi connectivity index (χ1) is 15.3. The molecule has 3 aromatic carbocycles. The molecule has 0 atom stereocenters. The molecule has 3 aromatic rings. The number of hydrogen-bond donors (Lipinski definition) is 2. The van der Waals surface area contributed by atoms with E-state index in [4.69, 9.17) is 4.74 Å². The number of nitrogens with one attached hydrogen (secondary N) is 2. The third-order valence-electron chi connectivity index (χ3n) is 5.12. The van der Waals surface area contributed by atoms with Gasteiger partial charge in [0.05, 0.1) is 12.3 Å². The minimum Gasteiger partial charge on any atom is -0.492 e. The summed E-state index contributed by atoms with van der Waals surface area (Å²) in [5.74, 6) is 0.296. The smallest absolute Gasteiger partial charge is 0.255 e. The van der Waals surface area contributed by atoms with E-state index in [-0.39, 0.29) is 17.2 Å². The van der Waals surface area contributed by atoms with Crippen molar-refractivity contribution in [2.45, 2.75) is 39.7 Å². The quantitative estimate of drug-likeness (QED) is 0.515. The van der Waals surface area contributed by atoms with E-state index in [9.17, 15) is 9.59 Å². The van der Waals surface area contributed by atoms with Crippen LogP contribution in [-0.2, 0) is 12.0 Å². The summed E-state index contributed by atoms with van der Waals surface area (Å²) in [5, 5.41) is 5.81. The summed E-state index contributed by atoms with van der Waals surface area (Å²) in [4.78, 5) is 25.0. The summed E-state index contributed by atoms with van der Waals surface area (Å²) < 4.78 is 5.55. The van der Waals surface area contributed by atoms with Gasteiger partial charge in [-0.3, -0.25) is 9.59 Å². The fourth-order valence-corrected chi connectivity index (χ4v) is 3.23. The van der Waals surface area contributed by atoms with E-state index in [0.717, 1.165) is 5.56 Å². The lowest BCUT2D eigenvalue weighted by atomic mass is 9.87. The van der Waals surface area contributed by atoms with Crippen LogP contribution in [0.15, 0.2) is 72.8 Å². The molecule has 32 heavy (non-hydrogen) atoms. The zero-order valence-electron chi connectivity index (χ0n) is 19.1. The second kappa shape index (κ2) is 10.1. The Morgan fingerprint density at radius 2 is 1.41 bits per heavy atom. The molecular formula is C27H30N2O3. The van der Waals surface area contributed by atoms with Crippen LogP contribution in [0.3, 0.4) is 0 Å². The fraction of sp³-hybridized carbons (Fsp3) is 0.259. The Bertz CT molecular complexity index is 1070. The predicted octanol–water partition coefficient (Wildman–Crippen LogP) is 5.57. The normalized spacial score (nSPS) is 11.0. The summed E-state index contributed by atoms with van der Waals surface area (Å²) in [5.41, 5.74) is 3.94. The molecule has 5 nitrogen and oxygen atoms in total. The van der Waals surface area contributed by atoms with Crippen molar-refractivity contribution in [1.29, 1.82) is 0 Å². The van der Waals surface area contributed by atoms with E-state index in [0.29, 0.717) is 35.7 Å². The molecule has 0 radical (unpaired) electrons. The van der Waals surface area contributed by atoms with Gasteiger partial charge in [-0.2, -0.15) is 0 Å². The van der Waals surface area contributed by atoms with Crippen LogP contribution in [0.4, 0.5) is 5.69 Å². The maximum atomic E-state index is 12.6. The Kier molecular flexibility index (Phi) is 7.31. The molecule has 0 aliphatic heterocycles. The fourth-order valence-electron chi connectivity index (χ4n) is 3.23. The molecule has 0 aliphatic carbocycles. The van der Waals surface area contributed by atoms with Crippen LogP contribution in [-0.4, -0.2) is 18.4 Å². The van der Waals surface area contributed by atoms with Crippen LogP contribution in [0.25, 0.3) is 0 Å². The van der Waals surface area contributed by atoms with Crippen molar-refractivity contribution in [1.82, 2.24) is 5.32 Å². The van der Waals surface area contributed by atoms with Crippen LogP contribution in [0.5, 0.6) is 5.75 Å². The van der Waals surface area contributed by atoms with Crippen molar-refractivity contribution in [3.63, 3.8) is 0 Å². The molecule has 0 unspecified atom stereocenters. The molecule has 0 fully saturated rings. The van der Waals surface area contributed by atoms with Gasteiger partial charge in [0.2, 0.25) is 0 Å². The molecule has 0 saturated heterocycles. The van der Waals surface area contributed by atoms with Gasteiger partial charge >= 0.3 is 0 Å². The molecule has 0 saturated carbocycles. The third-order valence-corrected chi connectivity index (χ3v) is 5.12. The Balaban J connectivity index is 1.58. The van der Waals surface area contributed by atoms with Crippen LogP contribution in [0, 0.1) is 0 Å². The Labute approximate surface area is 189 Å². The van der Waals surface area contributed by atoms with Crippen molar-refractivity contribution in [2.24, 2.45) is 0 Å². The van der Waals surface area contributed by atoms with Crippen LogP contribution >= 0.6 is 0 Å². The third kappa shape index (κ3) is 5.97. The number of hydrogen-bond acceptors (Lipinski definition) is 3. The van der Waals surface area contributed by atoms with E-state index in [1.54, 1.807) is 18.2 Å². The average Bonchev–Trinajstić information content (AvgIpc) is 2.79. The first kappa shape index (κ1) is 23.1. The molecule has 0 bridgehead atoms. The van der Waals surface area contributed by atoms with Gasteiger partial charge in [0.15, 0.2) is 0 Å². The second-order valence-electron chi connectivity index (χ2n) is 8.59. The molecule has 2 N–H and O–H groups in total. The van der Waals surface area contributed by atoms with Crippen LogP contribution < -0.4 is 15.4 Å². The molecule has 5 heteroatoms. The Morgan fingerprint density at radius 3 is 2.03 bits per heavy atom. The number of carbonyl (C=O) groups is 2. The standard InChI is InChI=1S/C27H30N2O3/c1-5-32-24-9-7-6-8-23(24)29-26(31)21-12-10-19(11-13-21)18-28-25(30)20-14-16-22(17-15-20)27(2,3)4/h6-17H,5,18H2,1-4H3,(H,28,30)(H,29,31). The van der Waals surface area contributed by atoms with Gasteiger partial charge in [-0.1, -0.05) is 57.2 Å². The summed E-state index contributed by atoms with van der Waals surface area (Å²) in [7, 11) is 0. The van der Waals surface area contributed by atoms with Crippen molar-refractivity contribution in [2.75, 3.05) is 11.9 Å². The van der Waals surface area contributed by atoms with Gasteiger partial charge in [-0.15, -0.1) is 0 Å². The van der Waals surface area contributed by atoms with E-state index in [1.807, 2.05) is 61.5 Å². The molecule has 0 aromatic heterocycles. The minimum absolute atomic E-state index is 0.0497. The van der Waals surface area contributed by atoms with Gasteiger partial charge in [0.25, 0.3) is 11.8 Å². The van der Waals surface area contributed by atoms with Gasteiger partial charge < -0.3 is 15.4 Å². The van der Waals surface area contributed by atoms with Crippen molar-refractivity contribution >= 4 is 17.5 Å². The highest BCUT2D eigenvalue weighted by Gasteiger charge is 2.14. The number of rotatable bonds is 7. The largest absolute Gasteiger partial charge is 0.492 e. The zero-order chi connectivity index (χ0) is 23.1. The highest BCUT2D eigenvalue weighted by molar-refractivity contribution is 6.05. The molecule has 0 heterocycles. The summed E-state index contributed by atoms with van der Waals surface area (Å²) >= 11 is 0. The number of anilines is 1. The number of ether oxygens (including phenoxy) is 1. The van der Waals surface area contributed by atoms with E-state index in [2.05, 4.69) is 31.4 Å². The molecule has 2 amide bonds. The summed E-state index contributed by atoms with van der Waals surface area (Å²) in [6.45, 7) is 9.23. The lowest BCUT2D eigenvalue weighted by molar-refractivity contribution is 0.0949. The first-order valence-corrected chi connectivity index (χ1v) is 10.8. The lowest BCUT2D eigenvalue weighted by Gasteiger charge is -2.19. The van der Waals surface area contributed by atoms with Crippen LogP contribution in [0.2, 0.25) is 0 Å².